The van der Waals surface area contributed by atoms with Crippen molar-refractivity contribution in [3.63, 3.8) is 0 Å². The molecular weight excluding hydrogens is 380 g/mol. The summed E-state index contributed by atoms with van der Waals surface area (Å²) in [6.45, 7) is 5.24. The predicted molar refractivity (Wildman–Crippen MR) is 114 cm³/mol. The summed E-state index contributed by atoms with van der Waals surface area (Å²) in [4.78, 5) is 28.5. The van der Waals surface area contributed by atoms with E-state index < -0.39 is 5.97 Å². The maximum Gasteiger partial charge on any atom is 0.355 e. The highest BCUT2D eigenvalue weighted by molar-refractivity contribution is 5.94. The Morgan fingerprint density at radius 2 is 1.97 bits per heavy atom. The number of aldehydes is 1. The molecule has 2 heterocycles. The molecule has 6 nitrogen and oxygen atoms in total. The lowest BCUT2D eigenvalue weighted by Crippen LogP contribution is -2.48. The fourth-order valence-corrected chi connectivity index (χ4v) is 5.07. The number of carboxylic acids is 1. The first-order valence-electron chi connectivity index (χ1n) is 10.6. The number of hydrogen-bond donors (Lipinski definition) is 1. The van der Waals surface area contributed by atoms with E-state index >= 15 is 0 Å². The molecule has 0 bridgehead atoms. The summed E-state index contributed by atoms with van der Waals surface area (Å²) in [7, 11) is 0. The lowest BCUT2D eigenvalue weighted by molar-refractivity contribution is -0.110. The topological polar surface area (TPSA) is 79.7 Å². The zero-order valence-electron chi connectivity index (χ0n) is 17.3. The van der Waals surface area contributed by atoms with Gasteiger partial charge < -0.3 is 14.6 Å². The maximum absolute atomic E-state index is 11.5. The number of aromatic nitrogens is 1. The molecule has 6 heteroatoms. The smallest absolute Gasteiger partial charge is 0.355 e. The summed E-state index contributed by atoms with van der Waals surface area (Å²) < 4.78 is 6.17. The summed E-state index contributed by atoms with van der Waals surface area (Å²) in [5.41, 5.74) is 2.88. The quantitative estimate of drug-likeness (QED) is 0.702. The highest BCUT2D eigenvalue weighted by atomic mass is 16.5. The number of nitrogens with zero attached hydrogens (tertiary/aromatic N) is 2. The minimum Gasteiger partial charge on any atom is -0.493 e. The molecule has 30 heavy (non-hydrogen) atoms. The maximum atomic E-state index is 11.5. The summed E-state index contributed by atoms with van der Waals surface area (Å²) in [5.74, 6) is 0.323. The van der Waals surface area contributed by atoms with Crippen molar-refractivity contribution < 1.29 is 19.4 Å². The second-order valence-electron chi connectivity index (χ2n) is 8.69. The monoisotopic (exact) mass is 408 g/mol. The highest BCUT2D eigenvalue weighted by Gasteiger charge is 2.45. The molecule has 1 aliphatic carbocycles. The van der Waals surface area contributed by atoms with Crippen LogP contribution in [0.2, 0.25) is 0 Å². The van der Waals surface area contributed by atoms with E-state index in [1.807, 2.05) is 25.1 Å². The van der Waals surface area contributed by atoms with Gasteiger partial charge in [-0.1, -0.05) is 18.2 Å². The molecule has 1 spiro atoms. The number of rotatable bonds is 7. The molecule has 1 saturated carbocycles. The Labute approximate surface area is 176 Å². The van der Waals surface area contributed by atoms with Crippen molar-refractivity contribution in [1.82, 2.24) is 9.88 Å². The summed E-state index contributed by atoms with van der Waals surface area (Å²) in [6, 6.07) is 9.30. The number of hydrogen-bond acceptors (Lipinski definition) is 5. The number of aromatic carboxylic acids is 1. The third-order valence-corrected chi connectivity index (χ3v) is 6.75. The zero-order valence-corrected chi connectivity index (χ0v) is 17.3. The van der Waals surface area contributed by atoms with E-state index in [0.717, 1.165) is 36.3 Å². The SMILES string of the molecule is Cc1c(OCC2CC3(CCN(CC=O)CC3)C2)cccc1-c1cccnc1C(=O)O. The van der Waals surface area contributed by atoms with Gasteiger partial charge in [-0.3, -0.25) is 4.90 Å². The molecule has 0 atom stereocenters. The molecule has 0 radical (unpaired) electrons. The Hall–Kier alpha value is -2.73. The largest absolute Gasteiger partial charge is 0.493 e. The Bertz CT molecular complexity index is 927. The molecule has 158 valence electrons. The first-order chi connectivity index (χ1) is 14.5. The average Bonchev–Trinajstić information content (AvgIpc) is 2.73. The predicted octanol–water partition coefficient (Wildman–Crippen LogP) is 3.83. The van der Waals surface area contributed by atoms with E-state index in [2.05, 4.69) is 9.88 Å². The summed E-state index contributed by atoms with van der Waals surface area (Å²) in [5, 5.41) is 9.46. The van der Waals surface area contributed by atoms with Crippen LogP contribution in [0.15, 0.2) is 36.5 Å². The molecule has 2 aliphatic rings. The molecule has 1 saturated heterocycles. The van der Waals surface area contributed by atoms with Crippen LogP contribution in [0.3, 0.4) is 0 Å². The van der Waals surface area contributed by atoms with Crippen LogP contribution in [0, 0.1) is 18.3 Å². The van der Waals surface area contributed by atoms with Gasteiger partial charge >= 0.3 is 5.97 Å². The molecule has 1 aliphatic heterocycles. The van der Waals surface area contributed by atoms with Gasteiger partial charge in [0.1, 0.15) is 12.0 Å². The number of benzene rings is 1. The summed E-state index contributed by atoms with van der Waals surface area (Å²) in [6.07, 6.45) is 7.21. The van der Waals surface area contributed by atoms with Gasteiger partial charge in [-0.05, 0) is 80.3 Å². The van der Waals surface area contributed by atoms with E-state index in [4.69, 9.17) is 4.74 Å². The molecule has 0 unspecified atom stereocenters. The third-order valence-electron chi connectivity index (χ3n) is 6.75. The van der Waals surface area contributed by atoms with Gasteiger partial charge in [0.25, 0.3) is 0 Å². The standard InChI is InChI=1S/C24H28N2O4/c1-17-19(20-5-3-9-25-22(20)23(28)29)4-2-6-21(17)30-16-18-14-24(15-18)7-10-26(11-8-24)12-13-27/h2-6,9,13,18H,7-8,10-12,14-16H2,1H3,(H,28,29). The molecule has 2 fully saturated rings. The van der Waals surface area contributed by atoms with Crippen molar-refractivity contribution in [3.05, 3.63) is 47.8 Å². The van der Waals surface area contributed by atoms with Gasteiger partial charge in [0.15, 0.2) is 5.69 Å². The van der Waals surface area contributed by atoms with Crippen LogP contribution in [0.25, 0.3) is 11.1 Å². The van der Waals surface area contributed by atoms with Crippen LogP contribution < -0.4 is 4.74 Å². The van der Waals surface area contributed by atoms with Crippen LogP contribution in [-0.2, 0) is 4.79 Å². The van der Waals surface area contributed by atoms with Crippen LogP contribution in [0.4, 0.5) is 0 Å². The number of pyridine rings is 1. The van der Waals surface area contributed by atoms with E-state index in [9.17, 15) is 14.7 Å². The third kappa shape index (κ3) is 4.10. The molecule has 1 N–H and O–H groups in total. The van der Waals surface area contributed by atoms with E-state index in [-0.39, 0.29) is 5.69 Å². The van der Waals surface area contributed by atoms with Crippen molar-refractivity contribution in [2.75, 3.05) is 26.2 Å². The Morgan fingerprint density at radius 1 is 1.23 bits per heavy atom. The molecule has 4 rings (SSSR count). The zero-order chi connectivity index (χ0) is 21.1. The molecule has 0 amide bonds. The second kappa shape index (κ2) is 8.56. The molecule has 2 aromatic rings. The normalized spacial score (nSPS) is 18.7. The fraction of sp³-hybridized carbons (Fsp3) is 0.458. The Morgan fingerprint density at radius 3 is 2.67 bits per heavy atom. The van der Waals surface area contributed by atoms with E-state index in [1.54, 1.807) is 12.1 Å². The Kier molecular flexibility index (Phi) is 5.86. The van der Waals surface area contributed by atoms with Crippen molar-refractivity contribution in [3.8, 4) is 16.9 Å². The van der Waals surface area contributed by atoms with Gasteiger partial charge in [-0.2, -0.15) is 0 Å². The van der Waals surface area contributed by atoms with Crippen LogP contribution >= 0.6 is 0 Å². The first kappa shape index (κ1) is 20.5. The molecular formula is C24H28N2O4. The van der Waals surface area contributed by atoms with Gasteiger partial charge in [-0.25, -0.2) is 9.78 Å². The molecule has 1 aromatic heterocycles. The van der Waals surface area contributed by atoms with Gasteiger partial charge in [0.2, 0.25) is 0 Å². The molecule has 1 aromatic carbocycles. The second-order valence-corrected chi connectivity index (χ2v) is 8.69. The lowest BCUT2D eigenvalue weighted by Gasteiger charge is -2.52. The van der Waals surface area contributed by atoms with Gasteiger partial charge in [0, 0.05) is 11.8 Å². The van der Waals surface area contributed by atoms with Crippen LogP contribution in [-0.4, -0.2) is 53.5 Å². The summed E-state index contributed by atoms with van der Waals surface area (Å²) >= 11 is 0. The minimum absolute atomic E-state index is 0.0552. The van der Waals surface area contributed by atoms with Crippen molar-refractivity contribution in [1.29, 1.82) is 0 Å². The van der Waals surface area contributed by atoms with E-state index in [1.165, 1.54) is 31.9 Å². The number of ether oxygens (including phenoxy) is 1. The number of carbonyl (C=O) groups excluding carboxylic acids is 1. The number of piperidine rings is 1. The van der Waals surface area contributed by atoms with Gasteiger partial charge in [-0.15, -0.1) is 0 Å². The number of likely N-dealkylation sites (tertiary alicyclic amines) is 1. The number of carbonyl (C=O) groups is 2. The van der Waals surface area contributed by atoms with Crippen LogP contribution in [0.1, 0.15) is 41.7 Å². The lowest BCUT2D eigenvalue weighted by atomic mass is 9.58. The van der Waals surface area contributed by atoms with Crippen molar-refractivity contribution in [2.24, 2.45) is 11.3 Å². The van der Waals surface area contributed by atoms with E-state index in [0.29, 0.717) is 30.0 Å². The Balaban J connectivity index is 1.38. The van der Waals surface area contributed by atoms with Crippen molar-refractivity contribution >= 4 is 12.3 Å². The fourth-order valence-electron chi connectivity index (χ4n) is 5.07. The van der Waals surface area contributed by atoms with Gasteiger partial charge in [0.05, 0.1) is 13.2 Å². The minimum atomic E-state index is -1.03. The number of carboxylic acid groups (broad SMARTS) is 1. The first-order valence-corrected chi connectivity index (χ1v) is 10.6. The van der Waals surface area contributed by atoms with Crippen LogP contribution in [0.5, 0.6) is 5.75 Å². The average molecular weight is 408 g/mol. The highest BCUT2D eigenvalue weighted by Crippen LogP contribution is 2.52. The van der Waals surface area contributed by atoms with Crippen molar-refractivity contribution in [2.45, 2.75) is 32.6 Å².